The maximum atomic E-state index is 5.76. The van der Waals surface area contributed by atoms with Crippen LogP contribution < -0.4 is 15.4 Å². The SMILES string of the molecule is CN=C(NCc1cccc(OCCCOC)c1)NC(C)c1ccccc1C. The Morgan fingerprint density at radius 2 is 1.93 bits per heavy atom. The van der Waals surface area contributed by atoms with Crippen LogP contribution in [0.3, 0.4) is 0 Å². The highest BCUT2D eigenvalue weighted by Gasteiger charge is 2.09. The zero-order chi connectivity index (χ0) is 19.5. The van der Waals surface area contributed by atoms with Crippen LogP contribution in [-0.2, 0) is 11.3 Å². The smallest absolute Gasteiger partial charge is 0.191 e. The normalized spacial score (nSPS) is 12.5. The third-order valence-corrected chi connectivity index (χ3v) is 4.35. The highest BCUT2D eigenvalue weighted by atomic mass is 16.5. The number of nitrogens with one attached hydrogen (secondary N) is 2. The molecular weight excluding hydrogens is 338 g/mol. The van der Waals surface area contributed by atoms with E-state index < -0.39 is 0 Å². The van der Waals surface area contributed by atoms with Gasteiger partial charge in [0.15, 0.2) is 5.96 Å². The van der Waals surface area contributed by atoms with Crippen LogP contribution in [0.1, 0.15) is 36.1 Å². The summed E-state index contributed by atoms with van der Waals surface area (Å²) in [5, 5.41) is 6.82. The van der Waals surface area contributed by atoms with Gasteiger partial charge in [-0.2, -0.15) is 0 Å². The number of guanidine groups is 1. The van der Waals surface area contributed by atoms with Gasteiger partial charge in [0, 0.05) is 33.7 Å². The average Bonchev–Trinajstić information content (AvgIpc) is 2.69. The van der Waals surface area contributed by atoms with Crippen molar-refractivity contribution in [3.63, 3.8) is 0 Å². The van der Waals surface area contributed by atoms with Crippen molar-refractivity contribution in [2.75, 3.05) is 27.4 Å². The average molecular weight is 370 g/mol. The number of ether oxygens (including phenoxy) is 2. The topological polar surface area (TPSA) is 54.9 Å². The fourth-order valence-electron chi connectivity index (χ4n) is 2.87. The Morgan fingerprint density at radius 3 is 2.67 bits per heavy atom. The molecule has 1 unspecified atom stereocenters. The minimum atomic E-state index is 0.174. The summed E-state index contributed by atoms with van der Waals surface area (Å²) < 4.78 is 10.8. The predicted octanol–water partition coefficient (Wildman–Crippen LogP) is 3.84. The van der Waals surface area contributed by atoms with Gasteiger partial charge in [0.1, 0.15) is 5.75 Å². The quantitative estimate of drug-likeness (QED) is 0.401. The summed E-state index contributed by atoms with van der Waals surface area (Å²) in [6, 6.07) is 16.7. The Bertz CT molecular complexity index is 731. The van der Waals surface area contributed by atoms with Gasteiger partial charge in [-0.05, 0) is 42.7 Å². The summed E-state index contributed by atoms with van der Waals surface area (Å²) in [4.78, 5) is 4.34. The van der Waals surface area contributed by atoms with Crippen molar-refractivity contribution in [3.05, 3.63) is 65.2 Å². The number of benzene rings is 2. The van der Waals surface area contributed by atoms with Crippen molar-refractivity contribution in [1.29, 1.82) is 0 Å². The van der Waals surface area contributed by atoms with E-state index in [0.29, 0.717) is 19.8 Å². The molecule has 0 aliphatic rings. The number of nitrogens with zero attached hydrogens (tertiary/aromatic N) is 1. The van der Waals surface area contributed by atoms with Crippen LogP contribution in [-0.4, -0.2) is 33.3 Å². The van der Waals surface area contributed by atoms with Crippen LogP contribution >= 0.6 is 0 Å². The van der Waals surface area contributed by atoms with Crippen LogP contribution in [0.2, 0.25) is 0 Å². The van der Waals surface area contributed by atoms with Crippen molar-refractivity contribution < 1.29 is 9.47 Å². The molecule has 1 atom stereocenters. The van der Waals surface area contributed by atoms with Crippen molar-refractivity contribution in [2.24, 2.45) is 4.99 Å². The van der Waals surface area contributed by atoms with Gasteiger partial charge in [-0.1, -0.05) is 36.4 Å². The Morgan fingerprint density at radius 1 is 1.11 bits per heavy atom. The van der Waals surface area contributed by atoms with E-state index in [9.17, 15) is 0 Å². The van der Waals surface area contributed by atoms with Gasteiger partial charge in [0.25, 0.3) is 0 Å². The molecule has 5 heteroatoms. The molecule has 0 bridgehead atoms. The number of hydrogen-bond donors (Lipinski definition) is 2. The number of methoxy groups -OCH3 is 1. The lowest BCUT2D eigenvalue weighted by Crippen LogP contribution is -2.38. The maximum absolute atomic E-state index is 5.76. The molecule has 0 aliphatic carbocycles. The van der Waals surface area contributed by atoms with E-state index in [4.69, 9.17) is 9.47 Å². The molecule has 0 fully saturated rings. The molecule has 0 amide bonds. The second kappa shape index (κ2) is 11.2. The standard InChI is InChI=1S/C22H31N3O2/c1-17-9-5-6-12-21(17)18(2)25-22(23-3)24-16-19-10-7-11-20(15-19)27-14-8-13-26-4/h5-7,9-12,15,18H,8,13-14,16H2,1-4H3,(H2,23,24,25). The van der Waals surface area contributed by atoms with Crippen molar-refractivity contribution in [1.82, 2.24) is 10.6 Å². The zero-order valence-corrected chi connectivity index (χ0v) is 16.8. The highest BCUT2D eigenvalue weighted by Crippen LogP contribution is 2.17. The first-order valence-corrected chi connectivity index (χ1v) is 9.37. The zero-order valence-electron chi connectivity index (χ0n) is 16.8. The molecule has 0 aromatic heterocycles. The largest absolute Gasteiger partial charge is 0.493 e. The van der Waals surface area contributed by atoms with Crippen LogP contribution in [0, 0.1) is 6.92 Å². The summed E-state index contributed by atoms with van der Waals surface area (Å²) >= 11 is 0. The Balaban J connectivity index is 1.87. The second-order valence-corrected chi connectivity index (χ2v) is 6.49. The van der Waals surface area contributed by atoms with Gasteiger partial charge >= 0.3 is 0 Å². The summed E-state index contributed by atoms with van der Waals surface area (Å²) in [5.41, 5.74) is 3.68. The van der Waals surface area contributed by atoms with Crippen LogP contribution in [0.5, 0.6) is 5.75 Å². The summed E-state index contributed by atoms with van der Waals surface area (Å²) in [6.07, 6.45) is 0.881. The lowest BCUT2D eigenvalue weighted by atomic mass is 10.0. The molecule has 2 N–H and O–H groups in total. The number of aliphatic imine (C=N–C) groups is 1. The fourth-order valence-corrected chi connectivity index (χ4v) is 2.87. The van der Waals surface area contributed by atoms with Gasteiger partial charge in [-0.15, -0.1) is 0 Å². The Hall–Kier alpha value is -2.53. The van der Waals surface area contributed by atoms with E-state index in [1.807, 2.05) is 12.1 Å². The van der Waals surface area contributed by atoms with Gasteiger partial charge in [-0.3, -0.25) is 4.99 Å². The van der Waals surface area contributed by atoms with Crippen LogP contribution in [0.4, 0.5) is 0 Å². The predicted molar refractivity (Wildman–Crippen MR) is 111 cm³/mol. The number of aryl methyl sites for hydroxylation is 1. The molecule has 2 aromatic carbocycles. The molecule has 0 saturated carbocycles. The van der Waals surface area contributed by atoms with Crippen molar-refractivity contribution in [3.8, 4) is 5.75 Å². The molecule has 146 valence electrons. The number of rotatable bonds is 9. The number of hydrogen-bond acceptors (Lipinski definition) is 3. The highest BCUT2D eigenvalue weighted by molar-refractivity contribution is 5.80. The summed E-state index contributed by atoms with van der Waals surface area (Å²) in [6.45, 7) is 6.31. The van der Waals surface area contributed by atoms with Crippen molar-refractivity contribution in [2.45, 2.75) is 32.9 Å². The lowest BCUT2D eigenvalue weighted by molar-refractivity contribution is 0.172. The molecule has 5 nitrogen and oxygen atoms in total. The van der Waals surface area contributed by atoms with E-state index in [0.717, 1.165) is 23.7 Å². The molecule has 2 rings (SSSR count). The van der Waals surface area contributed by atoms with Crippen LogP contribution in [0.15, 0.2) is 53.5 Å². The molecule has 0 saturated heterocycles. The molecule has 0 heterocycles. The van der Waals surface area contributed by atoms with Gasteiger partial charge in [0.05, 0.1) is 12.6 Å². The van der Waals surface area contributed by atoms with Gasteiger partial charge in [-0.25, -0.2) is 0 Å². The molecule has 0 aliphatic heterocycles. The monoisotopic (exact) mass is 369 g/mol. The second-order valence-electron chi connectivity index (χ2n) is 6.49. The van der Waals surface area contributed by atoms with E-state index in [-0.39, 0.29) is 6.04 Å². The summed E-state index contributed by atoms with van der Waals surface area (Å²) in [7, 11) is 3.49. The first-order valence-electron chi connectivity index (χ1n) is 9.37. The molecule has 2 aromatic rings. The summed E-state index contributed by atoms with van der Waals surface area (Å²) in [5.74, 6) is 1.65. The van der Waals surface area contributed by atoms with Crippen molar-refractivity contribution >= 4 is 5.96 Å². The van der Waals surface area contributed by atoms with E-state index in [1.165, 1.54) is 11.1 Å². The minimum Gasteiger partial charge on any atom is -0.493 e. The first-order chi connectivity index (χ1) is 13.1. The lowest BCUT2D eigenvalue weighted by Gasteiger charge is -2.20. The first kappa shape index (κ1) is 20.8. The Kier molecular flexibility index (Phi) is 8.65. The third kappa shape index (κ3) is 6.94. The molecule has 27 heavy (non-hydrogen) atoms. The maximum Gasteiger partial charge on any atom is 0.191 e. The Labute approximate surface area is 162 Å². The van der Waals surface area contributed by atoms with Gasteiger partial charge in [0.2, 0.25) is 0 Å². The fraction of sp³-hybridized carbons (Fsp3) is 0.409. The third-order valence-electron chi connectivity index (χ3n) is 4.35. The molecule has 0 radical (unpaired) electrons. The van der Waals surface area contributed by atoms with Gasteiger partial charge < -0.3 is 20.1 Å². The van der Waals surface area contributed by atoms with E-state index >= 15 is 0 Å². The minimum absolute atomic E-state index is 0.174. The molecular formula is C22H31N3O2. The molecule has 0 spiro atoms. The van der Waals surface area contributed by atoms with E-state index in [2.05, 4.69) is 65.9 Å². The van der Waals surface area contributed by atoms with Crippen LogP contribution in [0.25, 0.3) is 0 Å². The van der Waals surface area contributed by atoms with E-state index in [1.54, 1.807) is 14.2 Å².